The Balaban J connectivity index is 1.59. The van der Waals surface area contributed by atoms with Gasteiger partial charge in [0.15, 0.2) is 0 Å². The van der Waals surface area contributed by atoms with Crippen molar-refractivity contribution < 1.29 is 4.79 Å². The van der Waals surface area contributed by atoms with Gasteiger partial charge in [-0.2, -0.15) is 0 Å². The van der Waals surface area contributed by atoms with E-state index in [4.69, 9.17) is 0 Å². The summed E-state index contributed by atoms with van der Waals surface area (Å²) in [4.78, 5) is 18.1. The number of amides is 1. The molecule has 1 aromatic heterocycles. The first-order chi connectivity index (χ1) is 11.1. The number of carbonyl (C=O) groups excluding carboxylic acids is 1. The molecule has 1 aliphatic carbocycles. The smallest absolute Gasteiger partial charge is 0.236 e. The first-order valence-corrected chi connectivity index (χ1v) is 9.06. The van der Waals surface area contributed by atoms with Gasteiger partial charge in [-0.3, -0.25) is 9.69 Å². The summed E-state index contributed by atoms with van der Waals surface area (Å²) in [5, 5.41) is 2.10. The molecule has 0 atom stereocenters. The summed E-state index contributed by atoms with van der Waals surface area (Å²) >= 11 is 1.77. The molecule has 1 aliphatic rings. The summed E-state index contributed by atoms with van der Waals surface area (Å²) in [6.07, 6.45) is 2.44. The van der Waals surface area contributed by atoms with Crippen molar-refractivity contribution in [3.8, 4) is 0 Å². The maximum absolute atomic E-state index is 12.6. The molecule has 0 radical (unpaired) electrons. The van der Waals surface area contributed by atoms with Crippen molar-refractivity contribution in [2.24, 2.45) is 0 Å². The van der Waals surface area contributed by atoms with E-state index in [-0.39, 0.29) is 5.91 Å². The quantitative estimate of drug-likeness (QED) is 0.774. The van der Waals surface area contributed by atoms with Gasteiger partial charge in [0.05, 0.1) is 6.54 Å². The zero-order chi connectivity index (χ0) is 16.2. The molecule has 1 heterocycles. The fraction of sp³-hybridized carbons (Fsp3) is 0.421. The van der Waals surface area contributed by atoms with Crippen LogP contribution in [0.5, 0.6) is 0 Å². The van der Waals surface area contributed by atoms with Gasteiger partial charge in [0.1, 0.15) is 0 Å². The zero-order valence-electron chi connectivity index (χ0n) is 13.9. The Labute approximate surface area is 142 Å². The molecule has 1 aromatic carbocycles. The summed E-state index contributed by atoms with van der Waals surface area (Å²) in [6, 6.07) is 13.1. The van der Waals surface area contributed by atoms with Gasteiger partial charge in [-0.15, -0.1) is 11.3 Å². The van der Waals surface area contributed by atoms with Crippen molar-refractivity contribution in [2.75, 3.05) is 13.6 Å². The van der Waals surface area contributed by atoms with Crippen LogP contribution in [0, 0.1) is 6.92 Å². The molecule has 0 spiro atoms. The largest absolute Gasteiger partial charge is 0.340 e. The van der Waals surface area contributed by atoms with Crippen LogP contribution >= 0.6 is 11.3 Å². The Morgan fingerprint density at radius 3 is 2.61 bits per heavy atom. The van der Waals surface area contributed by atoms with Crippen LogP contribution in [-0.2, 0) is 17.9 Å². The molecule has 3 nitrogen and oxygen atoms in total. The van der Waals surface area contributed by atoms with Crippen molar-refractivity contribution in [3.63, 3.8) is 0 Å². The predicted molar refractivity (Wildman–Crippen MR) is 95.4 cm³/mol. The fourth-order valence-electron chi connectivity index (χ4n) is 2.78. The molecule has 122 valence electrons. The van der Waals surface area contributed by atoms with Crippen LogP contribution in [0.25, 0.3) is 0 Å². The second-order valence-electron chi connectivity index (χ2n) is 6.39. The molecule has 23 heavy (non-hydrogen) atoms. The highest BCUT2D eigenvalue weighted by atomic mass is 32.1. The number of benzene rings is 1. The van der Waals surface area contributed by atoms with E-state index in [0.717, 1.165) is 6.54 Å². The molecule has 1 amide bonds. The third-order valence-electron chi connectivity index (χ3n) is 4.44. The van der Waals surface area contributed by atoms with E-state index in [1.165, 1.54) is 28.8 Å². The molecule has 0 bridgehead atoms. The lowest BCUT2D eigenvalue weighted by atomic mass is 10.1. The van der Waals surface area contributed by atoms with Crippen molar-refractivity contribution in [2.45, 2.75) is 38.9 Å². The molecule has 4 heteroatoms. The number of thiophene rings is 1. The minimum Gasteiger partial charge on any atom is -0.340 e. The van der Waals surface area contributed by atoms with Gasteiger partial charge in [0, 0.05) is 31.1 Å². The Bertz CT molecular complexity index is 649. The summed E-state index contributed by atoms with van der Waals surface area (Å²) in [6.45, 7) is 4.20. The van der Waals surface area contributed by atoms with Gasteiger partial charge in [-0.05, 0) is 42.3 Å². The van der Waals surface area contributed by atoms with Gasteiger partial charge < -0.3 is 4.90 Å². The number of rotatable bonds is 7. The highest BCUT2D eigenvalue weighted by Crippen LogP contribution is 2.29. The average Bonchev–Trinajstić information content (AvgIpc) is 3.26. The standard InChI is InChI=1S/C19H24N2OS/c1-15-6-3-4-7-16(15)12-20(2)19(22)14-21(17-9-10-17)13-18-8-5-11-23-18/h3-8,11,17H,9-10,12-14H2,1-2H3. The van der Waals surface area contributed by atoms with E-state index in [1.807, 2.05) is 24.1 Å². The minimum atomic E-state index is 0.205. The van der Waals surface area contributed by atoms with E-state index in [9.17, 15) is 4.79 Å². The maximum Gasteiger partial charge on any atom is 0.236 e. The van der Waals surface area contributed by atoms with Crippen molar-refractivity contribution in [1.29, 1.82) is 0 Å². The van der Waals surface area contributed by atoms with Gasteiger partial charge in [-0.1, -0.05) is 30.3 Å². The summed E-state index contributed by atoms with van der Waals surface area (Å²) in [5.74, 6) is 0.205. The van der Waals surface area contributed by atoms with Crippen LogP contribution in [0.4, 0.5) is 0 Å². The molecule has 1 saturated carbocycles. The van der Waals surface area contributed by atoms with Crippen LogP contribution in [0.15, 0.2) is 41.8 Å². The first kappa shape index (κ1) is 16.2. The van der Waals surface area contributed by atoms with Gasteiger partial charge in [-0.25, -0.2) is 0 Å². The molecular weight excluding hydrogens is 304 g/mol. The van der Waals surface area contributed by atoms with Gasteiger partial charge >= 0.3 is 0 Å². The fourth-order valence-corrected chi connectivity index (χ4v) is 3.51. The number of nitrogens with zero attached hydrogens (tertiary/aromatic N) is 2. The number of hydrogen-bond donors (Lipinski definition) is 0. The molecular formula is C19H24N2OS. The third kappa shape index (κ3) is 4.43. The van der Waals surface area contributed by atoms with Crippen LogP contribution in [0.1, 0.15) is 28.8 Å². The highest BCUT2D eigenvalue weighted by Gasteiger charge is 2.31. The zero-order valence-corrected chi connectivity index (χ0v) is 14.7. The van der Waals surface area contributed by atoms with Crippen LogP contribution in [0.3, 0.4) is 0 Å². The topological polar surface area (TPSA) is 23.6 Å². The Morgan fingerprint density at radius 1 is 1.17 bits per heavy atom. The second-order valence-corrected chi connectivity index (χ2v) is 7.42. The highest BCUT2D eigenvalue weighted by molar-refractivity contribution is 7.09. The lowest BCUT2D eigenvalue weighted by Gasteiger charge is -2.25. The Morgan fingerprint density at radius 2 is 1.96 bits per heavy atom. The number of carbonyl (C=O) groups is 1. The molecule has 1 fully saturated rings. The van der Waals surface area contributed by atoms with Crippen LogP contribution < -0.4 is 0 Å². The molecule has 2 aromatic rings. The predicted octanol–water partition coefficient (Wildman–Crippen LogP) is 3.68. The third-order valence-corrected chi connectivity index (χ3v) is 5.30. The average molecular weight is 328 g/mol. The molecule has 3 rings (SSSR count). The summed E-state index contributed by atoms with van der Waals surface area (Å²) in [7, 11) is 1.91. The van der Waals surface area contributed by atoms with Crippen molar-refractivity contribution >= 4 is 17.2 Å². The van der Waals surface area contributed by atoms with E-state index < -0.39 is 0 Å². The Hall–Kier alpha value is -1.65. The van der Waals surface area contributed by atoms with E-state index in [0.29, 0.717) is 19.1 Å². The van der Waals surface area contributed by atoms with Gasteiger partial charge in [0.2, 0.25) is 5.91 Å². The maximum atomic E-state index is 12.6. The number of hydrogen-bond acceptors (Lipinski definition) is 3. The van der Waals surface area contributed by atoms with Crippen LogP contribution in [-0.4, -0.2) is 35.3 Å². The summed E-state index contributed by atoms with van der Waals surface area (Å²) < 4.78 is 0. The van der Waals surface area contributed by atoms with Crippen molar-refractivity contribution in [1.82, 2.24) is 9.80 Å². The molecule has 0 N–H and O–H groups in total. The first-order valence-electron chi connectivity index (χ1n) is 8.18. The number of aryl methyl sites for hydroxylation is 1. The lowest BCUT2D eigenvalue weighted by molar-refractivity contribution is -0.132. The SMILES string of the molecule is Cc1ccccc1CN(C)C(=O)CN(Cc1cccs1)C1CC1. The lowest BCUT2D eigenvalue weighted by Crippen LogP contribution is -2.38. The Kier molecular flexibility index (Phi) is 5.13. The van der Waals surface area contributed by atoms with Gasteiger partial charge in [0.25, 0.3) is 0 Å². The normalized spacial score (nSPS) is 14.2. The summed E-state index contributed by atoms with van der Waals surface area (Å²) in [5.41, 5.74) is 2.46. The van der Waals surface area contributed by atoms with Crippen LogP contribution in [0.2, 0.25) is 0 Å². The van der Waals surface area contributed by atoms with E-state index in [2.05, 4.69) is 41.5 Å². The van der Waals surface area contributed by atoms with Crippen molar-refractivity contribution in [3.05, 3.63) is 57.8 Å². The number of likely N-dealkylation sites (N-methyl/N-ethyl adjacent to an activating group) is 1. The molecule has 0 saturated heterocycles. The monoisotopic (exact) mass is 328 g/mol. The molecule has 0 aliphatic heterocycles. The van der Waals surface area contributed by atoms with E-state index in [1.54, 1.807) is 11.3 Å². The second kappa shape index (κ2) is 7.28. The van der Waals surface area contributed by atoms with E-state index >= 15 is 0 Å². The minimum absolute atomic E-state index is 0.205. The molecule has 0 unspecified atom stereocenters.